The van der Waals surface area contributed by atoms with E-state index in [4.69, 9.17) is 15.3 Å². The molecule has 30 heavy (non-hydrogen) atoms. The number of nitrogens with two attached hydrogens (primary N) is 1. The van der Waals surface area contributed by atoms with E-state index in [0.717, 1.165) is 16.8 Å². The lowest BCUT2D eigenvalue weighted by Gasteiger charge is -2.13. The number of oxime groups is 1. The Hall–Kier alpha value is -3.81. The van der Waals surface area contributed by atoms with Crippen LogP contribution in [0.25, 0.3) is 10.9 Å². The Morgan fingerprint density at radius 3 is 2.47 bits per heavy atom. The van der Waals surface area contributed by atoms with Crippen LogP contribution in [-0.2, 0) is 21.0 Å². The topological polar surface area (TPSA) is 116 Å². The number of benzene rings is 2. The summed E-state index contributed by atoms with van der Waals surface area (Å²) in [5.74, 6) is -1.55. The summed E-state index contributed by atoms with van der Waals surface area (Å²) in [6.45, 7) is 3.81. The predicted molar refractivity (Wildman–Crippen MR) is 113 cm³/mol. The maximum absolute atomic E-state index is 12.2. The Bertz CT molecular complexity index is 1120. The molecule has 0 radical (unpaired) electrons. The molecule has 1 atom stereocenters. The number of primary amides is 1. The molecule has 0 spiro atoms. The molecule has 8 nitrogen and oxygen atoms in total. The first kappa shape index (κ1) is 20.9. The minimum Gasteiger partial charge on any atom is -0.479 e. The zero-order valence-electron chi connectivity index (χ0n) is 17.0. The van der Waals surface area contributed by atoms with E-state index in [1.807, 2.05) is 47.9 Å². The van der Waals surface area contributed by atoms with Gasteiger partial charge in [-0.25, -0.2) is 4.79 Å². The van der Waals surface area contributed by atoms with E-state index in [9.17, 15) is 14.7 Å². The molecule has 1 aromatic heterocycles. The van der Waals surface area contributed by atoms with Gasteiger partial charge in [-0.05, 0) is 31.5 Å². The average molecular weight is 409 g/mol. The number of aliphatic carboxylic acids is 1. The lowest BCUT2D eigenvalue weighted by Crippen LogP contribution is -2.26. The molecule has 8 heteroatoms. The number of carboxylic acid groups (broad SMARTS) is 1. The number of nitrogens with zero attached hydrogens (tertiary/aromatic N) is 2. The van der Waals surface area contributed by atoms with Crippen molar-refractivity contribution in [3.63, 3.8) is 0 Å². The number of carboxylic acids is 1. The average Bonchev–Trinajstić information content (AvgIpc) is 2.99. The predicted octanol–water partition coefficient (Wildman–Crippen LogP) is 2.69. The summed E-state index contributed by atoms with van der Waals surface area (Å²) in [7, 11) is 1.32. The van der Waals surface area contributed by atoms with Gasteiger partial charge in [-0.15, -0.1) is 0 Å². The monoisotopic (exact) mass is 409 g/mol. The van der Waals surface area contributed by atoms with Crippen LogP contribution in [0.4, 0.5) is 0 Å². The lowest BCUT2D eigenvalue weighted by atomic mass is 10.0. The van der Waals surface area contributed by atoms with Crippen molar-refractivity contribution >= 4 is 28.5 Å². The summed E-state index contributed by atoms with van der Waals surface area (Å²) in [4.78, 5) is 28.4. The molecule has 3 rings (SSSR count). The Morgan fingerprint density at radius 1 is 1.17 bits per heavy atom. The highest BCUT2D eigenvalue weighted by Gasteiger charge is 2.26. The van der Waals surface area contributed by atoms with Gasteiger partial charge in [0.1, 0.15) is 12.9 Å². The molecule has 1 unspecified atom stereocenters. The van der Waals surface area contributed by atoms with Crippen molar-refractivity contribution in [2.75, 3.05) is 7.11 Å². The first-order valence-corrected chi connectivity index (χ1v) is 9.31. The van der Waals surface area contributed by atoms with Crippen LogP contribution in [0.1, 0.15) is 23.7 Å². The standard InChI is InChI=1S/C22H23N3O5/c1-13-18(20(21(23)26)24-29-3)19-16(25(13)12-15-8-5-4-6-9-15)10-7-11-17(19)30-14(2)22(27)28/h4-11,14H,12H2,1-3H3,(H2,23,26)(H,27,28)/b24-20+. The number of rotatable bonds is 8. The molecule has 3 N–H and O–H groups in total. The molecule has 0 saturated heterocycles. The molecule has 2 aromatic carbocycles. The number of hydrogen-bond acceptors (Lipinski definition) is 5. The molecular weight excluding hydrogens is 386 g/mol. The van der Waals surface area contributed by atoms with Gasteiger partial charge in [0.2, 0.25) is 0 Å². The number of carbonyl (C=O) groups is 2. The van der Waals surface area contributed by atoms with E-state index in [-0.39, 0.29) is 5.71 Å². The third-order valence-electron chi connectivity index (χ3n) is 4.80. The number of aromatic nitrogens is 1. The minimum atomic E-state index is -1.10. The zero-order valence-corrected chi connectivity index (χ0v) is 17.0. The van der Waals surface area contributed by atoms with Crippen LogP contribution in [0.3, 0.4) is 0 Å². The van der Waals surface area contributed by atoms with E-state index in [2.05, 4.69) is 5.16 Å². The first-order chi connectivity index (χ1) is 14.3. The number of hydrogen-bond donors (Lipinski definition) is 2. The fourth-order valence-corrected chi connectivity index (χ4v) is 3.40. The number of ether oxygens (including phenoxy) is 1. The van der Waals surface area contributed by atoms with Gasteiger partial charge in [0.15, 0.2) is 11.8 Å². The van der Waals surface area contributed by atoms with E-state index in [1.54, 1.807) is 12.1 Å². The third kappa shape index (κ3) is 3.98. The van der Waals surface area contributed by atoms with Crippen LogP contribution in [-0.4, -0.2) is 40.5 Å². The second kappa shape index (κ2) is 8.69. The van der Waals surface area contributed by atoms with Crippen LogP contribution in [0.2, 0.25) is 0 Å². The number of fused-ring (bicyclic) bond motifs is 1. The molecule has 1 amide bonds. The van der Waals surface area contributed by atoms with Crippen molar-refractivity contribution in [2.24, 2.45) is 10.9 Å². The van der Waals surface area contributed by atoms with Gasteiger partial charge in [-0.2, -0.15) is 0 Å². The van der Waals surface area contributed by atoms with E-state index < -0.39 is 18.0 Å². The molecular formula is C22H23N3O5. The van der Waals surface area contributed by atoms with Crippen LogP contribution >= 0.6 is 0 Å². The summed E-state index contributed by atoms with van der Waals surface area (Å²) in [6, 6.07) is 15.1. The fraction of sp³-hybridized carbons (Fsp3) is 0.227. The zero-order chi connectivity index (χ0) is 21.8. The van der Waals surface area contributed by atoms with Crippen LogP contribution in [0.15, 0.2) is 53.7 Å². The molecule has 0 saturated carbocycles. The van der Waals surface area contributed by atoms with Crippen molar-refractivity contribution in [2.45, 2.75) is 26.5 Å². The van der Waals surface area contributed by atoms with Gasteiger partial charge in [-0.3, -0.25) is 4.79 Å². The van der Waals surface area contributed by atoms with Crippen molar-refractivity contribution in [1.82, 2.24) is 4.57 Å². The van der Waals surface area contributed by atoms with Crippen LogP contribution in [0.5, 0.6) is 5.75 Å². The van der Waals surface area contributed by atoms with Gasteiger partial charge in [-0.1, -0.05) is 41.6 Å². The lowest BCUT2D eigenvalue weighted by molar-refractivity contribution is -0.144. The second-order valence-electron chi connectivity index (χ2n) is 6.77. The minimum absolute atomic E-state index is 0.0640. The largest absolute Gasteiger partial charge is 0.479 e. The van der Waals surface area contributed by atoms with Gasteiger partial charge >= 0.3 is 5.97 Å². The molecule has 3 aromatic rings. The van der Waals surface area contributed by atoms with E-state index in [1.165, 1.54) is 14.0 Å². The van der Waals surface area contributed by atoms with Crippen molar-refractivity contribution < 1.29 is 24.3 Å². The highest BCUT2D eigenvalue weighted by Crippen LogP contribution is 2.35. The summed E-state index contributed by atoms with van der Waals surface area (Å²) < 4.78 is 7.70. The summed E-state index contributed by atoms with van der Waals surface area (Å²) in [5, 5.41) is 13.7. The Labute approximate surface area is 173 Å². The van der Waals surface area contributed by atoms with Crippen molar-refractivity contribution in [1.29, 1.82) is 0 Å². The van der Waals surface area contributed by atoms with E-state index in [0.29, 0.717) is 23.2 Å². The molecule has 1 heterocycles. The van der Waals surface area contributed by atoms with Crippen molar-refractivity contribution in [3.8, 4) is 5.75 Å². The molecule has 0 bridgehead atoms. The van der Waals surface area contributed by atoms with Gasteiger partial charge < -0.3 is 25.0 Å². The van der Waals surface area contributed by atoms with Gasteiger partial charge in [0, 0.05) is 17.8 Å². The highest BCUT2D eigenvalue weighted by molar-refractivity contribution is 6.47. The van der Waals surface area contributed by atoms with Gasteiger partial charge in [0.25, 0.3) is 5.91 Å². The maximum atomic E-state index is 12.2. The smallest absolute Gasteiger partial charge is 0.344 e. The third-order valence-corrected chi connectivity index (χ3v) is 4.80. The summed E-state index contributed by atoms with van der Waals surface area (Å²) in [6.07, 6.45) is -1.09. The SMILES string of the molecule is CO/N=C(/C(N)=O)c1c(C)n(Cc2ccccc2)c2cccc(OC(C)C(=O)O)c12. The van der Waals surface area contributed by atoms with Crippen LogP contribution < -0.4 is 10.5 Å². The molecule has 0 aliphatic rings. The van der Waals surface area contributed by atoms with Crippen molar-refractivity contribution in [3.05, 3.63) is 65.4 Å². The first-order valence-electron chi connectivity index (χ1n) is 9.31. The normalized spacial score (nSPS) is 12.6. The van der Waals surface area contributed by atoms with Gasteiger partial charge in [0.05, 0.1) is 10.9 Å². The summed E-state index contributed by atoms with van der Waals surface area (Å²) in [5.41, 5.74) is 8.50. The Kier molecular flexibility index (Phi) is 6.06. The molecule has 0 aliphatic heterocycles. The quantitative estimate of drug-likeness (QED) is 0.438. The van der Waals surface area contributed by atoms with E-state index >= 15 is 0 Å². The molecule has 0 fully saturated rings. The number of carbonyl (C=O) groups excluding carboxylic acids is 1. The summed E-state index contributed by atoms with van der Waals surface area (Å²) >= 11 is 0. The maximum Gasteiger partial charge on any atom is 0.344 e. The Morgan fingerprint density at radius 2 is 1.87 bits per heavy atom. The second-order valence-corrected chi connectivity index (χ2v) is 6.77. The number of amides is 1. The fourth-order valence-electron chi connectivity index (χ4n) is 3.40. The molecule has 0 aliphatic carbocycles. The highest BCUT2D eigenvalue weighted by atomic mass is 16.6. The molecule has 156 valence electrons. The Balaban J connectivity index is 2.30. The van der Waals surface area contributed by atoms with Crippen LogP contribution in [0, 0.1) is 6.92 Å².